The second kappa shape index (κ2) is 8.79. The smallest absolute Gasteiger partial charge is 0.241 e. The molecule has 3 rings (SSSR count). The number of nitrogens with zero attached hydrogens (tertiary/aromatic N) is 2. The molecule has 1 atom stereocenters. The molecule has 0 radical (unpaired) electrons. The molecule has 1 saturated heterocycles. The maximum Gasteiger partial charge on any atom is 0.241 e. The molecule has 0 aliphatic carbocycles. The van der Waals surface area contributed by atoms with E-state index in [1.54, 1.807) is 18.2 Å². The van der Waals surface area contributed by atoms with Crippen molar-refractivity contribution in [2.75, 3.05) is 18.4 Å². The zero-order chi connectivity index (χ0) is 19.2. The second-order valence-electron chi connectivity index (χ2n) is 7.13. The van der Waals surface area contributed by atoms with Gasteiger partial charge in [-0.05, 0) is 75.0 Å². The van der Waals surface area contributed by atoms with Crippen LogP contribution in [-0.2, 0) is 11.2 Å². The Hall–Kier alpha value is -2.71. The molecule has 1 fully saturated rings. The molecule has 5 heteroatoms. The number of hydrogen-bond acceptors (Lipinski definition) is 3. The van der Waals surface area contributed by atoms with Crippen molar-refractivity contribution >= 4 is 11.6 Å². The van der Waals surface area contributed by atoms with Gasteiger partial charge in [0.1, 0.15) is 11.9 Å². The minimum Gasteiger partial charge on any atom is -0.324 e. The average Bonchev–Trinajstić information content (AvgIpc) is 2.70. The zero-order valence-electron chi connectivity index (χ0n) is 15.5. The van der Waals surface area contributed by atoms with Crippen LogP contribution in [0.25, 0.3) is 0 Å². The Balaban J connectivity index is 1.52. The van der Waals surface area contributed by atoms with E-state index in [2.05, 4.69) is 16.3 Å². The number of rotatable bonds is 5. The third-order valence-corrected chi connectivity index (χ3v) is 5.32. The lowest BCUT2D eigenvalue weighted by molar-refractivity contribution is -0.121. The predicted molar refractivity (Wildman–Crippen MR) is 104 cm³/mol. The predicted octanol–water partition coefficient (Wildman–Crippen LogP) is 3.98. The number of halogens is 1. The normalized spacial score (nSPS) is 16.5. The molecule has 1 N–H and O–H groups in total. The Labute approximate surface area is 159 Å². The van der Waals surface area contributed by atoms with E-state index in [-0.39, 0.29) is 17.8 Å². The lowest BCUT2D eigenvalue weighted by Gasteiger charge is -2.35. The van der Waals surface area contributed by atoms with Crippen LogP contribution in [-0.4, -0.2) is 29.9 Å². The maximum absolute atomic E-state index is 13.0. The van der Waals surface area contributed by atoms with E-state index in [1.807, 2.05) is 25.1 Å². The van der Waals surface area contributed by atoms with Crippen LogP contribution in [0.15, 0.2) is 48.5 Å². The van der Waals surface area contributed by atoms with Crippen molar-refractivity contribution in [1.29, 1.82) is 5.26 Å². The Morgan fingerprint density at radius 2 is 1.89 bits per heavy atom. The monoisotopic (exact) mass is 365 g/mol. The highest BCUT2D eigenvalue weighted by molar-refractivity contribution is 5.95. The number of nitriles is 1. The van der Waals surface area contributed by atoms with Gasteiger partial charge in [0.2, 0.25) is 5.91 Å². The zero-order valence-corrected chi connectivity index (χ0v) is 15.5. The highest BCUT2D eigenvalue weighted by atomic mass is 19.1. The summed E-state index contributed by atoms with van der Waals surface area (Å²) in [5.74, 6) is 0.266. The summed E-state index contributed by atoms with van der Waals surface area (Å²) in [5.41, 5.74) is 2.19. The number of nitrogens with one attached hydrogen (secondary N) is 1. The molecule has 1 aliphatic heterocycles. The first kappa shape index (κ1) is 19.1. The Kier molecular flexibility index (Phi) is 6.20. The van der Waals surface area contributed by atoms with E-state index >= 15 is 0 Å². The first-order chi connectivity index (χ1) is 13.1. The van der Waals surface area contributed by atoms with E-state index in [4.69, 9.17) is 5.26 Å². The summed E-state index contributed by atoms with van der Waals surface area (Å²) in [6.45, 7) is 3.63. The van der Waals surface area contributed by atoms with Gasteiger partial charge in [0, 0.05) is 0 Å². The van der Waals surface area contributed by atoms with E-state index in [0.717, 1.165) is 37.9 Å². The number of benzene rings is 2. The number of amides is 1. The van der Waals surface area contributed by atoms with Gasteiger partial charge in [-0.2, -0.15) is 5.26 Å². The van der Waals surface area contributed by atoms with Gasteiger partial charge in [0.05, 0.1) is 17.3 Å². The van der Waals surface area contributed by atoms with Crippen LogP contribution in [0.2, 0.25) is 0 Å². The lowest BCUT2D eigenvalue weighted by atomic mass is 9.89. The van der Waals surface area contributed by atoms with Crippen LogP contribution in [0.1, 0.15) is 30.9 Å². The van der Waals surface area contributed by atoms with Gasteiger partial charge in [0.25, 0.3) is 0 Å². The van der Waals surface area contributed by atoms with Crippen molar-refractivity contribution in [2.45, 2.75) is 32.2 Å². The van der Waals surface area contributed by atoms with Crippen molar-refractivity contribution in [3.63, 3.8) is 0 Å². The molecule has 2 aromatic carbocycles. The number of carbonyl (C=O) groups excluding carboxylic acids is 1. The fourth-order valence-corrected chi connectivity index (χ4v) is 3.59. The van der Waals surface area contributed by atoms with Gasteiger partial charge in [0.15, 0.2) is 0 Å². The molecule has 140 valence electrons. The van der Waals surface area contributed by atoms with E-state index < -0.39 is 0 Å². The SMILES string of the molecule is CC(C(=O)Nc1ccccc1C#N)N1CCC(Cc2ccc(F)cc2)CC1. The summed E-state index contributed by atoms with van der Waals surface area (Å²) in [6.07, 6.45) is 2.98. The molecular weight excluding hydrogens is 341 g/mol. The Bertz CT molecular complexity index is 820. The largest absolute Gasteiger partial charge is 0.324 e. The molecular formula is C22H24FN3O. The van der Waals surface area contributed by atoms with Gasteiger partial charge in [-0.25, -0.2) is 4.39 Å². The number of carbonyl (C=O) groups is 1. The minimum absolute atomic E-state index is 0.0883. The lowest BCUT2D eigenvalue weighted by Crippen LogP contribution is -2.46. The summed E-state index contributed by atoms with van der Waals surface area (Å²) >= 11 is 0. The summed E-state index contributed by atoms with van der Waals surface area (Å²) in [4.78, 5) is 14.8. The summed E-state index contributed by atoms with van der Waals surface area (Å²) in [7, 11) is 0. The molecule has 1 amide bonds. The van der Waals surface area contributed by atoms with Gasteiger partial charge in [-0.3, -0.25) is 9.69 Å². The highest BCUT2D eigenvalue weighted by Crippen LogP contribution is 2.24. The summed E-state index contributed by atoms with van der Waals surface area (Å²) in [5, 5.41) is 12.0. The maximum atomic E-state index is 13.0. The molecule has 4 nitrogen and oxygen atoms in total. The molecule has 0 aromatic heterocycles. The third kappa shape index (κ3) is 4.93. The Morgan fingerprint density at radius 3 is 2.56 bits per heavy atom. The molecule has 27 heavy (non-hydrogen) atoms. The van der Waals surface area contributed by atoms with E-state index in [0.29, 0.717) is 17.2 Å². The topological polar surface area (TPSA) is 56.1 Å². The van der Waals surface area contributed by atoms with Gasteiger partial charge in [-0.1, -0.05) is 24.3 Å². The molecule has 1 unspecified atom stereocenters. The van der Waals surface area contributed by atoms with Crippen LogP contribution in [0.5, 0.6) is 0 Å². The summed E-state index contributed by atoms with van der Waals surface area (Å²) in [6, 6.07) is 15.6. The van der Waals surface area contributed by atoms with Gasteiger partial charge in [-0.15, -0.1) is 0 Å². The first-order valence-electron chi connectivity index (χ1n) is 9.35. The van der Waals surface area contributed by atoms with Gasteiger partial charge < -0.3 is 5.32 Å². The first-order valence-corrected chi connectivity index (χ1v) is 9.35. The van der Waals surface area contributed by atoms with E-state index in [1.165, 1.54) is 12.1 Å². The van der Waals surface area contributed by atoms with Crippen LogP contribution < -0.4 is 5.32 Å². The van der Waals surface area contributed by atoms with Crippen LogP contribution in [0.4, 0.5) is 10.1 Å². The molecule has 0 spiro atoms. The molecule has 0 saturated carbocycles. The van der Waals surface area contributed by atoms with Crippen molar-refractivity contribution in [1.82, 2.24) is 4.90 Å². The molecule has 0 bridgehead atoms. The fraction of sp³-hybridized carbons (Fsp3) is 0.364. The number of likely N-dealkylation sites (tertiary alicyclic amines) is 1. The number of anilines is 1. The molecule has 1 heterocycles. The second-order valence-corrected chi connectivity index (χ2v) is 7.13. The minimum atomic E-state index is -0.247. The van der Waals surface area contributed by atoms with Crippen LogP contribution in [0, 0.1) is 23.1 Å². The number of para-hydroxylation sites is 1. The fourth-order valence-electron chi connectivity index (χ4n) is 3.59. The number of hydrogen-bond donors (Lipinski definition) is 1. The number of piperidine rings is 1. The van der Waals surface area contributed by atoms with Crippen LogP contribution >= 0.6 is 0 Å². The highest BCUT2D eigenvalue weighted by Gasteiger charge is 2.27. The van der Waals surface area contributed by atoms with E-state index in [9.17, 15) is 9.18 Å². The van der Waals surface area contributed by atoms with Gasteiger partial charge >= 0.3 is 0 Å². The average molecular weight is 365 g/mol. The molecule has 1 aliphatic rings. The van der Waals surface area contributed by atoms with Crippen molar-refractivity contribution < 1.29 is 9.18 Å². The van der Waals surface area contributed by atoms with Crippen LogP contribution in [0.3, 0.4) is 0 Å². The quantitative estimate of drug-likeness (QED) is 0.872. The standard InChI is InChI=1S/C22H24FN3O/c1-16(22(27)25-21-5-3-2-4-19(21)15-24)26-12-10-18(11-13-26)14-17-6-8-20(23)9-7-17/h2-9,16,18H,10-14H2,1H3,(H,25,27). The summed E-state index contributed by atoms with van der Waals surface area (Å²) < 4.78 is 13.0. The molecule has 2 aromatic rings. The Morgan fingerprint density at radius 1 is 1.22 bits per heavy atom. The third-order valence-electron chi connectivity index (χ3n) is 5.32. The van der Waals surface area contributed by atoms with Crippen molar-refractivity contribution in [2.24, 2.45) is 5.92 Å². The van der Waals surface area contributed by atoms with Crippen molar-refractivity contribution in [3.05, 3.63) is 65.5 Å². The van der Waals surface area contributed by atoms with Crippen molar-refractivity contribution in [3.8, 4) is 6.07 Å².